The number of aromatic amines is 1. The molecule has 2 fully saturated rings. The van der Waals surface area contributed by atoms with Gasteiger partial charge in [-0.25, -0.2) is 14.4 Å². The minimum Gasteiger partial charge on any atom is -0.477 e. The first-order valence-electron chi connectivity index (χ1n) is 32.0. The maximum Gasteiger partial charge on any atom is 0.407 e. The van der Waals surface area contributed by atoms with Gasteiger partial charge in [0.2, 0.25) is 29.9 Å². The fourth-order valence-electron chi connectivity index (χ4n) is 13.3. The van der Waals surface area contributed by atoms with E-state index in [1.54, 1.807) is 68.4 Å². The number of aliphatic hydroxyl groups excluding tert-OH is 7. The summed E-state index contributed by atoms with van der Waals surface area (Å²) >= 11 is 6.64. The minimum absolute atomic E-state index is 0.00479. The van der Waals surface area contributed by atoms with Gasteiger partial charge in [-0.2, -0.15) is 0 Å². The van der Waals surface area contributed by atoms with E-state index in [4.69, 9.17) is 41.0 Å². The number of carbonyl (C=O) groups is 8. The zero-order chi connectivity index (χ0) is 70.4. The van der Waals surface area contributed by atoms with Crippen molar-refractivity contribution >= 4 is 86.5 Å². The van der Waals surface area contributed by atoms with Crippen LogP contribution in [0.4, 0.5) is 15.3 Å². The summed E-state index contributed by atoms with van der Waals surface area (Å²) in [5.41, 5.74) is 11.6. The highest BCUT2D eigenvalue weighted by Crippen LogP contribution is 2.50. The van der Waals surface area contributed by atoms with Gasteiger partial charge in [0.15, 0.2) is 5.78 Å². The molecule has 4 aliphatic rings. The summed E-state index contributed by atoms with van der Waals surface area (Å²) in [5.74, 6) is -9.67. The van der Waals surface area contributed by atoms with Crippen molar-refractivity contribution in [1.29, 1.82) is 0 Å². The molecule has 29 nitrogen and oxygen atoms in total. The number of aliphatic hydroxyl groups is 7. The molecule has 0 bridgehead atoms. The van der Waals surface area contributed by atoms with Crippen LogP contribution in [0.1, 0.15) is 97.0 Å². The fraction of sp³-hybridized carbons (Fsp3) is 0.441. The van der Waals surface area contributed by atoms with E-state index in [0.29, 0.717) is 32.9 Å². The van der Waals surface area contributed by atoms with E-state index >= 15 is 0 Å². The second-order valence-corrected chi connectivity index (χ2v) is 25.5. The molecule has 5 aromatic carbocycles. The number of rotatable bonds is 27. The number of halogens is 1. The van der Waals surface area contributed by atoms with Crippen LogP contribution >= 0.6 is 11.6 Å². The zero-order valence-electron chi connectivity index (χ0n) is 53.5. The molecule has 6 aromatic rings. The molecule has 15 atom stereocenters. The van der Waals surface area contributed by atoms with Crippen LogP contribution in [0.3, 0.4) is 0 Å². The molecule has 2 aliphatic heterocycles. The molecule has 0 spiro atoms. The van der Waals surface area contributed by atoms with Gasteiger partial charge in [-0.3, -0.25) is 24.0 Å². The Bertz CT molecular complexity index is 3920. The molecule has 0 radical (unpaired) electrons. The van der Waals surface area contributed by atoms with Crippen LogP contribution in [0.2, 0.25) is 0 Å². The summed E-state index contributed by atoms with van der Waals surface area (Å²) in [6, 6.07) is 25.9. The van der Waals surface area contributed by atoms with Crippen molar-refractivity contribution in [2.75, 3.05) is 44.1 Å². The Kier molecular flexibility index (Phi) is 22.7. The number of primary amides is 1. The van der Waals surface area contributed by atoms with Gasteiger partial charge in [0.05, 0.1) is 37.6 Å². The predicted molar refractivity (Wildman–Crippen MR) is 350 cm³/mol. The molecule has 98 heavy (non-hydrogen) atoms. The van der Waals surface area contributed by atoms with Gasteiger partial charge in [-0.05, 0) is 100 Å². The number of ketones is 1. The molecular formula is C68H79ClN8O21. The highest BCUT2D eigenvalue weighted by Gasteiger charge is 2.57. The van der Waals surface area contributed by atoms with Gasteiger partial charge in [-0.1, -0.05) is 86.6 Å². The number of alkyl carbamates (subject to hydrolysis) is 1. The Morgan fingerprint density at radius 3 is 2.14 bits per heavy atom. The smallest absolute Gasteiger partial charge is 0.407 e. The Morgan fingerprint density at radius 2 is 1.49 bits per heavy atom. The molecule has 17 N–H and O–H groups in total. The summed E-state index contributed by atoms with van der Waals surface area (Å²) in [5, 5.41) is 103. The number of hydrogen-bond donors (Lipinski definition) is 16. The second-order valence-electron chi connectivity index (χ2n) is 25.2. The zero-order valence-corrected chi connectivity index (χ0v) is 54.2. The number of anilines is 1. The number of H-pyrrole nitrogens is 1. The second kappa shape index (κ2) is 30.9. The van der Waals surface area contributed by atoms with Crippen LogP contribution in [0.5, 0.6) is 5.75 Å². The monoisotopic (exact) mass is 1380 g/mol. The fourth-order valence-corrected chi connectivity index (χ4v) is 13.6. The van der Waals surface area contributed by atoms with E-state index in [1.807, 2.05) is 48.5 Å². The summed E-state index contributed by atoms with van der Waals surface area (Å²) in [7, 11) is 0. The van der Waals surface area contributed by atoms with Gasteiger partial charge in [0, 0.05) is 59.6 Å². The molecule has 14 unspecified atom stereocenters. The lowest BCUT2D eigenvalue weighted by Crippen LogP contribution is -2.68. The number of benzene rings is 5. The van der Waals surface area contributed by atoms with E-state index < -0.39 is 159 Å². The molecule has 2 saturated heterocycles. The normalized spacial score (nSPS) is 24.6. The molecule has 3 heterocycles. The van der Waals surface area contributed by atoms with E-state index in [1.165, 1.54) is 0 Å². The number of carboxylic acids is 1. The highest BCUT2D eigenvalue weighted by atomic mass is 35.5. The van der Waals surface area contributed by atoms with Crippen molar-refractivity contribution in [3.05, 3.63) is 131 Å². The summed E-state index contributed by atoms with van der Waals surface area (Å²) in [4.78, 5) is 109. The molecule has 7 amide bonds. The summed E-state index contributed by atoms with van der Waals surface area (Å²) in [6.45, 7) is 2.02. The largest absolute Gasteiger partial charge is 0.477 e. The van der Waals surface area contributed by atoms with Gasteiger partial charge >= 0.3 is 18.1 Å². The van der Waals surface area contributed by atoms with Gasteiger partial charge in [0.1, 0.15) is 67.2 Å². The SMILES string of the molecule is CC(=O)NC1C(O)CC(OCC2OC(Oc3cc4c(c5ccccc35)[C@H](CCl)CC4C(=O)c3cc4cc(NC(=O)CNC(=O)C(CCCNC(N)=O)NC(=O)C(NC(=O)OCC5c6ccccc6-c6ccccc65)C(C)C)ccc4[nH]3)C(O)C(O)C2O)(C(=O)O)OC1C(O)C(O)CO. The molecule has 30 heteroatoms. The van der Waals surface area contributed by atoms with Gasteiger partial charge in [0.25, 0.3) is 5.79 Å². The lowest BCUT2D eigenvalue weighted by molar-refractivity contribution is -0.332. The number of nitrogens with two attached hydrogens (primary N) is 1. The van der Waals surface area contributed by atoms with Crippen LogP contribution in [0, 0.1) is 5.92 Å². The number of aliphatic carboxylic acids is 1. The van der Waals surface area contributed by atoms with Crippen LogP contribution in [0.25, 0.3) is 32.8 Å². The quantitative estimate of drug-likeness (QED) is 0.0199. The first-order valence-corrected chi connectivity index (χ1v) is 32.5. The Hall–Kier alpha value is -8.85. The number of hydrogen-bond acceptors (Lipinski definition) is 20. The third-order valence-corrected chi connectivity index (χ3v) is 18.6. The Morgan fingerprint density at radius 1 is 0.806 bits per heavy atom. The molecular weight excluding hydrogens is 1300 g/mol. The average molecular weight is 1380 g/mol. The molecule has 2 aliphatic carbocycles. The van der Waals surface area contributed by atoms with Crippen molar-refractivity contribution in [2.45, 2.75) is 143 Å². The standard InChI is InChI=1S/C68H79ClN8O21/c1-31(2)54(77-67(93)94-29-44-38-13-6-4-11-36(38)37-12-5-7-14-39(37)44)63(89)76-46(17-10-20-71-66(70)92)62(88)72-27-52(82)74-35-18-19-45-33(21-35)23-47(75-45)56(83)43-22-34(26-69)53-41-16-9-8-15-40(41)50(24-42(43)53)96-64-60(87)59(86)58(85)51(97-64)30-95-68(65(90)91)25-48(80)55(73-32(3)79)61(98-68)57(84)49(81)28-78/h4-9,11-16,18-19,21,23-24,31,34,43-44,46,48-49,51,54-55,57-61,64,75,78,80-81,84-87H,10,17,20,22,25-30H2,1-3H3,(H,72,88)(H,73,79)(H,74,82)(H,76,89)(H,77,93)(H,90,91)(H3,70,71,92)/t34-,43?,46?,48?,49?,51?,54?,55?,57?,58?,59?,60?,61?,64?,68?/m0/s1. The third kappa shape index (κ3) is 15.5. The number of carbonyl (C=O) groups excluding carboxylic acids is 7. The van der Waals surface area contributed by atoms with E-state index in [0.717, 1.165) is 34.7 Å². The number of amides is 7. The van der Waals surface area contributed by atoms with E-state index in [9.17, 15) is 79.2 Å². The van der Waals surface area contributed by atoms with Crippen LogP contribution < -0.4 is 42.4 Å². The minimum atomic E-state index is -2.86. The molecule has 524 valence electrons. The van der Waals surface area contributed by atoms with Crippen LogP contribution in [-0.2, 0) is 42.9 Å². The maximum atomic E-state index is 14.9. The van der Waals surface area contributed by atoms with Crippen molar-refractivity contribution < 1.29 is 103 Å². The van der Waals surface area contributed by atoms with Gasteiger partial charge < -0.3 is 107 Å². The van der Waals surface area contributed by atoms with E-state index in [2.05, 4.69) is 36.9 Å². The molecule has 0 saturated carbocycles. The number of ether oxygens (including phenoxy) is 5. The van der Waals surface area contributed by atoms with Crippen LogP contribution in [0.15, 0.2) is 103 Å². The summed E-state index contributed by atoms with van der Waals surface area (Å²) < 4.78 is 29.5. The number of fused-ring (bicyclic) bond motifs is 7. The third-order valence-electron chi connectivity index (χ3n) is 18.2. The number of alkyl halides is 1. The predicted octanol–water partition coefficient (Wildman–Crippen LogP) is 1.92. The lowest BCUT2D eigenvalue weighted by Gasteiger charge is -2.47. The number of carboxylic acid groups (broad SMARTS) is 1. The average Bonchev–Trinajstić information content (AvgIpc) is 1.45. The van der Waals surface area contributed by atoms with Crippen molar-refractivity contribution in [2.24, 2.45) is 11.7 Å². The van der Waals surface area contributed by atoms with E-state index in [-0.39, 0.29) is 67.4 Å². The number of aromatic nitrogens is 1. The van der Waals surface area contributed by atoms with Crippen molar-refractivity contribution in [3.63, 3.8) is 0 Å². The number of Topliss-reactive ketones (excluding diaryl/α,β-unsaturated/α-hetero) is 1. The van der Waals surface area contributed by atoms with Crippen LogP contribution in [-0.4, -0.2) is 211 Å². The number of nitrogens with one attached hydrogen (secondary N) is 7. The molecule has 1 aromatic heterocycles. The summed E-state index contributed by atoms with van der Waals surface area (Å²) in [6.07, 6.45) is -18.5. The first kappa shape index (κ1) is 71.9. The Balaban J connectivity index is 0.795. The first-order chi connectivity index (χ1) is 46.8. The van der Waals surface area contributed by atoms with Crippen molar-refractivity contribution in [3.8, 4) is 16.9 Å². The van der Waals surface area contributed by atoms with Crippen molar-refractivity contribution in [1.82, 2.24) is 31.6 Å². The van der Waals surface area contributed by atoms with Gasteiger partial charge in [-0.15, -0.1) is 11.6 Å². The molecule has 10 rings (SSSR count). The lowest BCUT2D eigenvalue weighted by atomic mass is 9.88. The number of urea groups is 1. The highest BCUT2D eigenvalue weighted by molar-refractivity contribution is 6.19. The Labute approximate surface area is 565 Å². The maximum absolute atomic E-state index is 14.9. The topological polar surface area (TPSA) is 459 Å².